The Kier molecular flexibility index (Phi) is 8.82. The van der Waals surface area contributed by atoms with E-state index in [1.165, 1.54) is 18.4 Å². The first-order valence-electron chi connectivity index (χ1n) is 8.51. The molecule has 1 aromatic carbocycles. The third-order valence-electron chi connectivity index (χ3n) is 3.79. The molecule has 0 aliphatic heterocycles. The standard InChI is InChI=1S/C18H31O3P/c1-5-7-9-10-13-20-22(19,14-8-6-2)21-18-12-11-16(3)17(4)15-18/h11-12,15H,5-10,13-14H2,1-4H3. The zero-order chi connectivity index (χ0) is 16.4. The van der Waals surface area contributed by atoms with Crippen molar-refractivity contribution in [3.63, 3.8) is 0 Å². The van der Waals surface area contributed by atoms with Crippen LogP contribution in [-0.2, 0) is 9.09 Å². The van der Waals surface area contributed by atoms with Gasteiger partial charge in [0, 0.05) is 0 Å². The van der Waals surface area contributed by atoms with Crippen molar-refractivity contribution in [2.45, 2.75) is 66.2 Å². The molecule has 0 aromatic heterocycles. The van der Waals surface area contributed by atoms with Crippen molar-refractivity contribution in [1.29, 1.82) is 0 Å². The number of unbranched alkanes of at least 4 members (excludes halogenated alkanes) is 4. The number of benzene rings is 1. The maximum atomic E-state index is 12.9. The van der Waals surface area contributed by atoms with Gasteiger partial charge in [-0.3, -0.25) is 4.52 Å². The molecule has 0 bridgehead atoms. The van der Waals surface area contributed by atoms with Gasteiger partial charge in [-0.25, -0.2) is 4.57 Å². The topological polar surface area (TPSA) is 35.5 Å². The summed E-state index contributed by atoms with van der Waals surface area (Å²) in [5.41, 5.74) is 2.35. The summed E-state index contributed by atoms with van der Waals surface area (Å²) >= 11 is 0. The van der Waals surface area contributed by atoms with Crippen molar-refractivity contribution in [3.05, 3.63) is 29.3 Å². The van der Waals surface area contributed by atoms with Crippen LogP contribution in [0.15, 0.2) is 18.2 Å². The monoisotopic (exact) mass is 326 g/mol. The lowest BCUT2D eigenvalue weighted by atomic mass is 10.1. The smallest absolute Gasteiger partial charge is 0.379 e. The van der Waals surface area contributed by atoms with Crippen LogP contribution >= 0.6 is 7.60 Å². The molecule has 0 heterocycles. The predicted octanol–water partition coefficient (Wildman–Crippen LogP) is 6.27. The second-order valence-electron chi connectivity index (χ2n) is 5.92. The summed E-state index contributed by atoms with van der Waals surface area (Å²) in [5, 5.41) is 0. The molecule has 0 amide bonds. The SMILES string of the molecule is CCCCCCOP(=O)(CCCC)Oc1ccc(C)c(C)c1. The minimum Gasteiger partial charge on any atom is -0.424 e. The fraction of sp³-hybridized carbons (Fsp3) is 0.667. The van der Waals surface area contributed by atoms with Crippen molar-refractivity contribution >= 4 is 7.60 Å². The Labute approximate surface area is 136 Å². The van der Waals surface area contributed by atoms with Gasteiger partial charge in [0.15, 0.2) is 0 Å². The zero-order valence-electron chi connectivity index (χ0n) is 14.6. The van der Waals surface area contributed by atoms with E-state index in [9.17, 15) is 4.57 Å². The minimum absolute atomic E-state index is 0.490. The number of hydrogen-bond acceptors (Lipinski definition) is 3. The van der Waals surface area contributed by atoms with E-state index in [1.807, 2.05) is 25.1 Å². The molecule has 22 heavy (non-hydrogen) atoms. The Morgan fingerprint density at radius 2 is 1.68 bits per heavy atom. The summed E-state index contributed by atoms with van der Waals surface area (Å²) < 4.78 is 24.4. The van der Waals surface area contributed by atoms with Crippen LogP contribution in [0.1, 0.15) is 63.5 Å². The maximum absolute atomic E-state index is 12.9. The van der Waals surface area contributed by atoms with Crippen molar-refractivity contribution < 1.29 is 13.6 Å². The molecular formula is C18H31O3P. The zero-order valence-corrected chi connectivity index (χ0v) is 15.5. The molecule has 0 aliphatic rings. The molecule has 0 spiro atoms. The molecule has 0 radical (unpaired) electrons. The van der Waals surface area contributed by atoms with Crippen LogP contribution in [0, 0.1) is 13.8 Å². The highest BCUT2D eigenvalue weighted by Crippen LogP contribution is 2.49. The van der Waals surface area contributed by atoms with Crippen molar-refractivity contribution in [1.82, 2.24) is 0 Å². The quantitative estimate of drug-likeness (QED) is 0.355. The highest BCUT2D eigenvalue weighted by molar-refractivity contribution is 7.54. The average Bonchev–Trinajstić information content (AvgIpc) is 2.49. The van der Waals surface area contributed by atoms with Crippen LogP contribution in [-0.4, -0.2) is 12.8 Å². The van der Waals surface area contributed by atoms with Crippen molar-refractivity contribution in [3.8, 4) is 5.75 Å². The predicted molar refractivity (Wildman–Crippen MR) is 94.0 cm³/mol. The van der Waals surface area contributed by atoms with Gasteiger partial charge in [-0.15, -0.1) is 0 Å². The molecule has 4 heteroatoms. The van der Waals surface area contributed by atoms with Gasteiger partial charge in [-0.2, -0.15) is 0 Å². The molecule has 1 rings (SSSR count). The molecule has 0 saturated heterocycles. The highest BCUT2D eigenvalue weighted by atomic mass is 31.2. The first-order valence-corrected chi connectivity index (χ1v) is 10.2. The number of hydrogen-bond donors (Lipinski definition) is 0. The normalized spacial score (nSPS) is 13.8. The van der Waals surface area contributed by atoms with Crippen LogP contribution in [0.5, 0.6) is 5.75 Å². The Morgan fingerprint density at radius 1 is 0.955 bits per heavy atom. The molecular weight excluding hydrogens is 295 g/mol. The number of aryl methyl sites for hydroxylation is 2. The van der Waals surface area contributed by atoms with Crippen LogP contribution in [0.25, 0.3) is 0 Å². The molecule has 0 fully saturated rings. The minimum atomic E-state index is -3.04. The summed E-state index contributed by atoms with van der Waals surface area (Å²) in [6.07, 6.45) is 6.78. The van der Waals surface area contributed by atoms with Crippen molar-refractivity contribution in [2.75, 3.05) is 12.8 Å². The van der Waals surface area contributed by atoms with Gasteiger partial charge in [-0.05, 0) is 49.9 Å². The molecule has 0 aliphatic carbocycles. The lowest BCUT2D eigenvalue weighted by Gasteiger charge is -2.20. The average molecular weight is 326 g/mol. The molecule has 3 nitrogen and oxygen atoms in total. The van der Waals surface area contributed by atoms with Crippen LogP contribution in [0.3, 0.4) is 0 Å². The summed E-state index contributed by atoms with van der Waals surface area (Å²) in [4.78, 5) is 0. The Morgan fingerprint density at radius 3 is 2.32 bits per heavy atom. The molecule has 1 unspecified atom stereocenters. The Balaban J connectivity index is 2.64. The van der Waals surface area contributed by atoms with E-state index in [1.54, 1.807) is 0 Å². The fourth-order valence-corrected chi connectivity index (χ4v) is 3.97. The third kappa shape index (κ3) is 6.98. The molecule has 126 valence electrons. The second kappa shape index (κ2) is 10.1. The lowest BCUT2D eigenvalue weighted by Crippen LogP contribution is -2.04. The van der Waals surface area contributed by atoms with Gasteiger partial charge >= 0.3 is 7.60 Å². The summed E-state index contributed by atoms with van der Waals surface area (Å²) in [7, 11) is -3.04. The molecule has 1 aromatic rings. The van der Waals surface area contributed by atoms with E-state index in [4.69, 9.17) is 9.05 Å². The van der Waals surface area contributed by atoms with Gasteiger partial charge in [0.25, 0.3) is 0 Å². The molecule has 1 atom stereocenters. The van der Waals surface area contributed by atoms with Gasteiger partial charge in [-0.1, -0.05) is 45.6 Å². The summed E-state index contributed by atoms with van der Waals surface area (Å²) in [5.74, 6) is 0.649. The summed E-state index contributed by atoms with van der Waals surface area (Å²) in [6.45, 7) is 8.87. The first kappa shape index (κ1) is 19.3. The van der Waals surface area contributed by atoms with E-state index in [0.29, 0.717) is 18.5 Å². The Bertz CT molecular complexity index is 485. The second-order valence-corrected chi connectivity index (χ2v) is 8.03. The van der Waals surface area contributed by atoms with Gasteiger partial charge in [0.05, 0.1) is 12.8 Å². The van der Waals surface area contributed by atoms with E-state index in [0.717, 1.165) is 31.2 Å². The fourth-order valence-electron chi connectivity index (χ4n) is 2.15. The van der Waals surface area contributed by atoms with Gasteiger partial charge < -0.3 is 4.52 Å². The van der Waals surface area contributed by atoms with E-state index in [-0.39, 0.29) is 0 Å². The maximum Gasteiger partial charge on any atom is 0.379 e. The van der Waals surface area contributed by atoms with Gasteiger partial charge in [0.2, 0.25) is 0 Å². The number of rotatable bonds is 11. The van der Waals surface area contributed by atoms with Crippen LogP contribution in [0.2, 0.25) is 0 Å². The largest absolute Gasteiger partial charge is 0.424 e. The van der Waals surface area contributed by atoms with Gasteiger partial charge in [0.1, 0.15) is 5.75 Å². The van der Waals surface area contributed by atoms with Crippen LogP contribution in [0.4, 0.5) is 0 Å². The van der Waals surface area contributed by atoms with Crippen LogP contribution < -0.4 is 4.52 Å². The van der Waals surface area contributed by atoms with Crippen molar-refractivity contribution in [2.24, 2.45) is 0 Å². The van der Waals surface area contributed by atoms with E-state index >= 15 is 0 Å². The first-order chi connectivity index (χ1) is 10.5. The lowest BCUT2D eigenvalue weighted by molar-refractivity contribution is 0.257. The third-order valence-corrected chi connectivity index (χ3v) is 5.72. The molecule has 0 N–H and O–H groups in total. The molecule has 0 saturated carbocycles. The Hall–Kier alpha value is -0.790. The summed E-state index contributed by atoms with van der Waals surface area (Å²) in [6, 6.07) is 5.81. The highest BCUT2D eigenvalue weighted by Gasteiger charge is 2.25. The van der Waals surface area contributed by atoms with E-state index in [2.05, 4.69) is 20.8 Å². The van der Waals surface area contributed by atoms with E-state index < -0.39 is 7.60 Å².